The molecule has 0 fully saturated rings. The normalized spacial score (nSPS) is 10.3. The predicted molar refractivity (Wildman–Crippen MR) is 86.3 cm³/mol. The molecule has 0 atom stereocenters. The molecule has 23 heavy (non-hydrogen) atoms. The SMILES string of the molecule is COC(=O)c1ccc(C)c(NC(=O)Cc2c(F)cccc2Cl)c1. The Balaban J connectivity index is 2.19. The van der Waals surface area contributed by atoms with Gasteiger partial charge >= 0.3 is 5.97 Å². The molecule has 0 spiro atoms. The van der Waals surface area contributed by atoms with Crippen LogP contribution in [0.1, 0.15) is 21.5 Å². The van der Waals surface area contributed by atoms with Crippen molar-refractivity contribution in [1.29, 1.82) is 0 Å². The van der Waals surface area contributed by atoms with Crippen LogP contribution in [0.25, 0.3) is 0 Å². The molecule has 2 rings (SSSR count). The molecule has 0 heterocycles. The van der Waals surface area contributed by atoms with Crippen LogP contribution in [0, 0.1) is 12.7 Å². The van der Waals surface area contributed by atoms with Gasteiger partial charge in [0.15, 0.2) is 0 Å². The van der Waals surface area contributed by atoms with E-state index in [0.29, 0.717) is 11.3 Å². The van der Waals surface area contributed by atoms with E-state index in [1.54, 1.807) is 19.1 Å². The van der Waals surface area contributed by atoms with E-state index in [9.17, 15) is 14.0 Å². The quantitative estimate of drug-likeness (QED) is 0.866. The Labute approximate surface area is 138 Å². The largest absolute Gasteiger partial charge is 0.465 e. The number of benzene rings is 2. The van der Waals surface area contributed by atoms with Gasteiger partial charge in [-0.05, 0) is 36.8 Å². The molecule has 120 valence electrons. The van der Waals surface area contributed by atoms with Crippen LogP contribution in [-0.4, -0.2) is 19.0 Å². The summed E-state index contributed by atoms with van der Waals surface area (Å²) in [5.74, 6) is -1.47. The first-order valence-corrected chi connectivity index (χ1v) is 7.22. The summed E-state index contributed by atoms with van der Waals surface area (Å²) >= 11 is 5.91. The second-order valence-electron chi connectivity index (χ2n) is 4.95. The molecule has 0 aromatic heterocycles. The maximum atomic E-state index is 13.7. The Bertz CT molecular complexity index is 741. The van der Waals surface area contributed by atoms with E-state index >= 15 is 0 Å². The zero-order chi connectivity index (χ0) is 17.0. The first-order valence-electron chi connectivity index (χ1n) is 6.84. The minimum absolute atomic E-state index is 0.133. The van der Waals surface area contributed by atoms with Crippen molar-refractivity contribution in [1.82, 2.24) is 0 Å². The molecule has 2 aromatic carbocycles. The molecule has 0 radical (unpaired) electrons. The molecule has 2 aromatic rings. The number of methoxy groups -OCH3 is 1. The summed E-state index contributed by atoms with van der Waals surface area (Å²) in [4.78, 5) is 23.7. The summed E-state index contributed by atoms with van der Waals surface area (Å²) in [6.07, 6.45) is -0.201. The van der Waals surface area contributed by atoms with E-state index in [-0.39, 0.29) is 17.0 Å². The van der Waals surface area contributed by atoms with Crippen molar-refractivity contribution >= 4 is 29.2 Å². The van der Waals surface area contributed by atoms with Crippen molar-refractivity contribution in [2.45, 2.75) is 13.3 Å². The van der Waals surface area contributed by atoms with Crippen LogP contribution >= 0.6 is 11.6 Å². The van der Waals surface area contributed by atoms with Crippen molar-refractivity contribution in [3.05, 3.63) is 63.9 Å². The van der Waals surface area contributed by atoms with E-state index in [4.69, 9.17) is 11.6 Å². The van der Waals surface area contributed by atoms with Crippen LogP contribution in [0.15, 0.2) is 36.4 Å². The summed E-state index contributed by atoms with van der Waals surface area (Å²) < 4.78 is 18.4. The Kier molecular flexibility index (Phi) is 5.34. The second-order valence-corrected chi connectivity index (χ2v) is 5.35. The lowest BCUT2D eigenvalue weighted by atomic mass is 10.1. The minimum atomic E-state index is -0.535. The van der Waals surface area contributed by atoms with Gasteiger partial charge in [-0.3, -0.25) is 4.79 Å². The highest BCUT2D eigenvalue weighted by Crippen LogP contribution is 2.21. The molecular weight excluding hydrogens is 321 g/mol. The number of halogens is 2. The standard InChI is InChI=1S/C17H15ClFNO3/c1-10-6-7-11(17(22)23-2)8-15(10)20-16(21)9-12-13(18)4-3-5-14(12)19/h3-8H,9H2,1-2H3,(H,20,21). The van der Waals surface area contributed by atoms with E-state index in [1.807, 2.05) is 0 Å². The first kappa shape index (κ1) is 17.0. The van der Waals surface area contributed by atoms with Gasteiger partial charge in [-0.15, -0.1) is 0 Å². The van der Waals surface area contributed by atoms with Crippen molar-refractivity contribution in [3.63, 3.8) is 0 Å². The van der Waals surface area contributed by atoms with Crippen LogP contribution in [0.5, 0.6) is 0 Å². The number of anilines is 1. The number of nitrogens with one attached hydrogen (secondary N) is 1. The molecule has 0 unspecified atom stereocenters. The lowest BCUT2D eigenvalue weighted by Gasteiger charge is -2.11. The maximum Gasteiger partial charge on any atom is 0.337 e. The number of carbonyl (C=O) groups is 2. The Hall–Kier alpha value is -2.40. The molecule has 0 aliphatic rings. The van der Waals surface area contributed by atoms with E-state index in [2.05, 4.69) is 10.1 Å². The third-order valence-corrected chi connectivity index (χ3v) is 3.69. The highest BCUT2D eigenvalue weighted by atomic mass is 35.5. The molecule has 0 aliphatic heterocycles. The van der Waals surface area contributed by atoms with Gasteiger partial charge in [0.1, 0.15) is 5.82 Å². The topological polar surface area (TPSA) is 55.4 Å². The summed E-state index contributed by atoms with van der Waals surface area (Å²) in [6.45, 7) is 1.78. The highest BCUT2D eigenvalue weighted by molar-refractivity contribution is 6.31. The third-order valence-electron chi connectivity index (χ3n) is 3.33. The number of aryl methyl sites for hydroxylation is 1. The zero-order valence-corrected chi connectivity index (χ0v) is 13.4. The average Bonchev–Trinajstić information content (AvgIpc) is 2.52. The van der Waals surface area contributed by atoms with Gasteiger partial charge in [0, 0.05) is 16.3 Å². The van der Waals surface area contributed by atoms with Gasteiger partial charge in [0.2, 0.25) is 5.91 Å². The van der Waals surface area contributed by atoms with Gasteiger partial charge in [-0.25, -0.2) is 9.18 Å². The molecule has 0 saturated carbocycles. The van der Waals surface area contributed by atoms with Crippen molar-refractivity contribution in [2.75, 3.05) is 12.4 Å². The molecule has 0 bridgehead atoms. The van der Waals surface area contributed by atoms with Crippen LogP contribution in [-0.2, 0) is 16.0 Å². The molecule has 1 N–H and O–H groups in total. The third kappa shape index (κ3) is 4.07. The summed E-state index contributed by atoms with van der Waals surface area (Å²) in [7, 11) is 1.28. The van der Waals surface area contributed by atoms with Gasteiger partial charge in [0.05, 0.1) is 19.1 Å². The number of esters is 1. The number of ether oxygens (including phenoxy) is 1. The second kappa shape index (κ2) is 7.24. The maximum absolute atomic E-state index is 13.7. The van der Waals surface area contributed by atoms with Crippen molar-refractivity contribution in [3.8, 4) is 0 Å². The summed E-state index contributed by atoms with van der Waals surface area (Å²) in [5.41, 5.74) is 1.68. The Morgan fingerprint density at radius 2 is 2.00 bits per heavy atom. The smallest absolute Gasteiger partial charge is 0.337 e. The summed E-state index contributed by atoms with van der Waals surface area (Å²) in [6, 6.07) is 9.06. The predicted octanol–water partition coefficient (Wildman–Crippen LogP) is 3.76. The first-order chi connectivity index (χ1) is 10.9. The monoisotopic (exact) mass is 335 g/mol. The van der Waals surface area contributed by atoms with Crippen molar-refractivity contribution < 1.29 is 18.7 Å². The summed E-state index contributed by atoms with van der Waals surface area (Å²) in [5, 5.41) is 2.86. The number of hydrogen-bond donors (Lipinski definition) is 1. The molecule has 1 amide bonds. The van der Waals surface area contributed by atoms with Gasteiger partial charge in [-0.1, -0.05) is 23.7 Å². The van der Waals surface area contributed by atoms with Gasteiger partial charge in [0.25, 0.3) is 0 Å². The Morgan fingerprint density at radius 3 is 2.65 bits per heavy atom. The lowest BCUT2D eigenvalue weighted by molar-refractivity contribution is -0.115. The average molecular weight is 336 g/mol. The molecule has 0 aliphatic carbocycles. The van der Waals surface area contributed by atoms with Gasteiger partial charge in [-0.2, -0.15) is 0 Å². The minimum Gasteiger partial charge on any atom is -0.465 e. The van der Waals surface area contributed by atoms with E-state index in [0.717, 1.165) is 5.56 Å². The van der Waals surface area contributed by atoms with Gasteiger partial charge < -0.3 is 10.1 Å². The van der Waals surface area contributed by atoms with E-state index in [1.165, 1.54) is 31.4 Å². The molecule has 0 saturated heterocycles. The van der Waals surface area contributed by atoms with Crippen LogP contribution in [0.4, 0.5) is 10.1 Å². The lowest BCUT2D eigenvalue weighted by Crippen LogP contribution is -2.17. The fourth-order valence-corrected chi connectivity index (χ4v) is 2.29. The Morgan fingerprint density at radius 1 is 1.26 bits per heavy atom. The fourth-order valence-electron chi connectivity index (χ4n) is 2.06. The number of hydrogen-bond acceptors (Lipinski definition) is 3. The number of carbonyl (C=O) groups excluding carboxylic acids is 2. The molecule has 6 heteroatoms. The number of amides is 1. The fraction of sp³-hybridized carbons (Fsp3) is 0.176. The van der Waals surface area contributed by atoms with E-state index < -0.39 is 17.7 Å². The van der Waals surface area contributed by atoms with Crippen LogP contribution < -0.4 is 5.32 Å². The zero-order valence-electron chi connectivity index (χ0n) is 12.7. The number of rotatable bonds is 4. The van der Waals surface area contributed by atoms with Crippen molar-refractivity contribution in [2.24, 2.45) is 0 Å². The highest BCUT2D eigenvalue weighted by Gasteiger charge is 2.14. The molecular formula is C17H15ClFNO3. The molecule has 4 nitrogen and oxygen atoms in total. The van der Waals surface area contributed by atoms with Crippen LogP contribution in [0.3, 0.4) is 0 Å². The van der Waals surface area contributed by atoms with Crippen LogP contribution in [0.2, 0.25) is 5.02 Å².